The molecule has 0 bridgehead atoms. The lowest BCUT2D eigenvalue weighted by Gasteiger charge is -2.12. The number of anilines is 2. The summed E-state index contributed by atoms with van der Waals surface area (Å²) < 4.78 is 0. The van der Waals surface area contributed by atoms with E-state index in [1.807, 2.05) is 16.8 Å². The molecule has 0 aromatic carbocycles. The Kier molecular flexibility index (Phi) is 3.46. The third-order valence-corrected chi connectivity index (χ3v) is 3.53. The minimum absolute atomic E-state index is 0.272. The molecule has 0 fully saturated rings. The summed E-state index contributed by atoms with van der Waals surface area (Å²) in [5.41, 5.74) is 3.84. The van der Waals surface area contributed by atoms with E-state index < -0.39 is 6.10 Å². The molecule has 0 amide bonds. The Hall–Kier alpha value is -2.23. The Bertz CT molecular complexity index is 696. The number of nitrogen functional groups attached to an aromatic ring is 1. The first-order chi connectivity index (χ1) is 9.78. The molecule has 3 rings (SSSR count). The molecule has 0 saturated heterocycles. The monoisotopic (exact) mass is 291 g/mol. The van der Waals surface area contributed by atoms with E-state index in [2.05, 4.69) is 30.9 Å². The summed E-state index contributed by atoms with van der Waals surface area (Å²) in [5.74, 6) is 6.16. The van der Waals surface area contributed by atoms with Crippen molar-refractivity contribution in [3.8, 4) is 0 Å². The van der Waals surface area contributed by atoms with Gasteiger partial charge in [0, 0.05) is 6.54 Å². The molecule has 1 unspecified atom stereocenters. The van der Waals surface area contributed by atoms with Gasteiger partial charge in [0.05, 0.1) is 17.7 Å². The number of nitrogens with two attached hydrogens (primary N) is 1. The second-order valence-corrected chi connectivity index (χ2v) is 4.91. The lowest BCUT2D eigenvalue weighted by molar-refractivity contribution is 0.192. The van der Waals surface area contributed by atoms with E-state index in [0.717, 1.165) is 10.9 Å². The fourth-order valence-electron chi connectivity index (χ4n) is 1.81. The Labute approximate surface area is 118 Å². The van der Waals surface area contributed by atoms with Crippen LogP contribution >= 0.6 is 11.3 Å². The van der Waals surface area contributed by atoms with Crippen LogP contribution in [0.4, 0.5) is 11.8 Å². The number of thiophene rings is 1. The van der Waals surface area contributed by atoms with E-state index in [4.69, 9.17) is 5.84 Å². The number of aromatic amines is 1. The highest BCUT2D eigenvalue weighted by Crippen LogP contribution is 2.21. The molecule has 20 heavy (non-hydrogen) atoms. The number of aliphatic hydroxyl groups is 1. The molecular weight excluding hydrogens is 278 g/mol. The van der Waals surface area contributed by atoms with Gasteiger partial charge in [0.15, 0.2) is 5.65 Å². The zero-order chi connectivity index (χ0) is 13.9. The Morgan fingerprint density at radius 2 is 2.35 bits per heavy atom. The van der Waals surface area contributed by atoms with Crippen molar-refractivity contribution >= 4 is 34.1 Å². The molecule has 0 aliphatic heterocycles. The highest BCUT2D eigenvalue weighted by Gasteiger charge is 2.12. The summed E-state index contributed by atoms with van der Waals surface area (Å²) in [6, 6.07) is 1.89. The number of rotatable bonds is 5. The molecule has 3 aromatic rings. The Balaban J connectivity index is 1.81. The third-order valence-electron chi connectivity index (χ3n) is 2.83. The first kappa shape index (κ1) is 12.8. The standard InChI is InChI=1S/C11H13N7OS/c12-17-11-15-9(7-3-14-18-10(7)16-11)13-4-8(19)6-1-2-20-5-6/h1-3,5,8,19H,4,12H2,(H3,13,14,15,16,17,18). The molecule has 3 aromatic heterocycles. The van der Waals surface area contributed by atoms with Crippen LogP contribution in [0.25, 0.3) is 11.0 Å². The van der Waals surface area contributed by atoms with Crippen molar-refractivity contribution in [3.05, 3.63) is 28.6 Å². The van der Waals surface area contributed by atoms with Gasteiger partial charge in [0.25, 0.3) is 0 Å². The van der Waals surface area contributed by atoms with Gasteiger partial charge in [-0.25, -0.2) is 5.84 Å². The fourth-order valence-corrected chi connectivity index (χ4v) is 2.52. The highest BCUT2D eigenvalue weighted by atomic mass is 32.1. The van der Waals surface area contributed by atoms with Crippen molar-refractivity contribution in [1.82, 2.24) is 20.2 Å². The Morgan fingerprint density at radius 3 is 3.10 bits per heavy atom. The summed E-state index contributed by atoms with van der Waals surface area (Å²) in [5, 5.41) is 24.4. The normalized spacial score (nSPS) is 12.5. The van der Waals surface area contributed by atoms with Gasteiger partial charge in [-0.3, -0.25) is 10.5 Å². The van der Waals surface area contributed by atoms with Gasteiger partial charge in [-0.15, -0.1) is 0 Å². The topological polar surface area (TPSA) is 125 Å². The molecule has 1 atom stereocenters. The van der Waals surface area contributed by atoms with E-state index in [9.17, 15) is 5.11 Å². The molecule has 3 heterocycles. The molecular formula is C11H13N7OS. The van der Waals surface area contributed by atoms with Gasteiger partial charge in [-0.05, 0) is 22.4 Å². The van der Waals surface area contributed by atoms with Crippen LogP contribution in [0, 0.1) is 0 Å². The minimum Gasteiger partial charge on any atom is -0.387 e. The number of fused-ring (bicyclic) bond motifs is 1. The SMILES string of the molecule is NNc1nc(NCC(O)c2ccsc2)c2cn[nH]c2n1. The van der Waals surface area contributed by atoms with Crippen LogP contribution < -0.4 is 16.6 Å². The number of hydrogen-bond donors (Lipinski definition) is 5. The number of nitrogens with one attached hydrogen (secondary N) is 3. The number of aromatic nitrogens is 4. The van der Waals surface area contributed by atoms with Gasteiger partial charge in [-0.1, -0.05) is 0 Å². The minimum atomic E-state index is -0.604. The maximum Gasteiger partial charge on any atom is 0.241 e. The van der Waals surface area contributed by atoms with Gasteiger partial charge >= 0.3 is 0 Å². The first-order valence-corrected chi connectivity index (χ1v) is 6.84. The third kappa shape index (κ3) is 2.41. The van der Waals surface area contributed by atoms with E-state index in [-0.39, 0.29) is 5.95 Å². The predicted octanol–water partition coefficient (Wildman–Crippen LogP) is 0.845. The molecule has 0 saturated carbocycles. The Morgan fingerprint density at radius 1 is 1.45 bits per heavy atom. The van der Waals surface area contributed by atoms with Crippen molar-refractivity contribution < 1.29 is 5.11 Å². The molecule has 0 radical (unpaired) electrons. The average molecular weight is 291 g/mol. The summed E-state index contributed by atoms with van der Waals surface area (Å²) >= 11 is 1.54. The van der Waals surface area contributed by atoms with Crippen molar-refractivity contribution in [1.29, 1.82) is 0 Å². The van der Waals surface area contributed by atoms with Gasteiger partial charge < -0.3 is 10.4 Å². The summed E-state index contributed by atoms with van der Waals surface area (Å²) in [6.07, 6.45) is 1.02. The number of hydrogen-bond acceptors (Lipinski definition) is 8. The molecule has 0 aliphatic carbocycles. The van der Waals surface area contributed by atoms with E-state index in [1.165, 1.54) is 0 Å². The van der Waals surface area contributed by atoms with Crippen LogP contribution in [-0.4, -0.2) is 31.8 Å². The second kappa shape index (κ2) is 5.41. The summed E-state index contributed by atoms with van der Waals surface area (Å²) in [4.78, 5) is 8.34. The summed E-state index contributed by atoms with van der Waals surface area (Å²) in [7, 11) is 0. The van der Waals surface area contributed by atoms with Crippen LogP contribution in [0.15, 0.2) is 23.0 Å². The number of aliphatic hydroxyl groups excluding tert-OH is 1. The van der Waals surface area contributed by atoms with Crippen molar-refractivity contribution in [3.63, 3.8) is 0 Å². The van der Waals surface area contributed by atoms with Crippen molar-refractivity contribution in [2.24, 2.45) is 5.84 Å². The quantitative estimate of drug-likeness (QED) is 0.348. The highest BCUT2D eigenvalue weighted by molar-refractivity contribution is 7.07. The van der Waals surface area contributed by atoms with Gasteiger partial charge in [0.2, 0.25) is 5.95 Å². The van der Waals surface area contributed by atoms with Crippen LogP contribution in [0.5, 0.6) is 0 Å². The van der Waals surface area contributed by atoms with Crippen molar-refractivity contribution in [2.45, 2.75) is 6.10 Å². The summed E-state index contributed by atoms with van der Waals surface area (Å²) in [6.45, 7) is 0.331. The van der Waals surface area contributed by atoms with Gasteiger partial charge in [-0.2, -0.15) is 26.4 Å². The van der Waals surface area contributed by atoms with E-state index in [1.54, 1.807) is 17.5 Å². The fraction of sp³-hybridized carbons (Fsp3) is 0.182. The molecule has 8 nitrogen and oxygen atoms in total. The van der Waals surface area contributed by atoms with E-state index in [0.29, 0.717) is 18.0 Å². The van der Waals surface area contributed by atoms with Crippen molar-refractivity contribution in [2.75, 3.05) is 17.3 Å². The van der Waals surface area contributed by atoms with Crippen LogP contribution in [0.2, 0.25) is 0 Å². The number of hydrazine groups is 1. The molecule has 6 N–H and O–H groups in total. The van der Waals surface area contributed by atoms with E-state index >= 15 is 0 Å². The van der Waals surface area contributed by atoms with Crippen LogP contribution in [-0.2, 0) is 0 Å². The number of nitrogens with zero attached hydrogens (tertiary/aromatic N) is 3. The number of H-pyrrole nitrogens is 1. The molecule has 0 spiro atoms. The average Bonchev–Trinajstić information content (AvgIpc) is 3.14. The molecule has 104 valence electrons. The lowest BCUT2D eigenvalue weighted by atomic mass is 10.2. The zero-order valence-corrected chi connectivity index (χ0v) is 11.2. The predicted molar refractivity (Wildman–Crippen MR) is 77.3 cm³/mol. The smallest absolute Gasteiger partial charge is 0.241 e. The van der Waals surface area contributed by atoms with Gasteiger partial charge in [0.1, 0.15) is 5.82 Å². The molecule has 9 heteroatoms. The lowest BCUT2D eigenvalue weighted by Crippen LogP contribution is -2.15. The maximum absolute atomic E-state index is 10.1. The largest absolute Gasteiger partial charge is 0.387 e. The van der Waals surface area contributed by atoms with Crippen LogP contribution in [0.3, 0.4) is 0 Å². The maximum atomic E-state index is 10.1. The first-order valence-electron chi connectivity index (χ1n) is 5.89. The second-order valence-electron chi connectivity index (χ2n) is 4.13. The van der Waals surface area contributed by atoms with Crippen LogP contribution in [0.1, 0.15) is 11.7 Å². The molecule has 0 aliphatic rings. The zero-order valence-electron chi connectivity index (χ0n) is 10.4.